The van der Waals surface area contributed by atoms with E-state index in [2.05, 4.69) is 35.7 Å². The Labute approximate surface area is 107 Å². The molecule has 108 valence electrons. The van der Waals surface area contributed by atoms with Gasteiger partial charge in [-0.15, -0.1) is 0 Å². The highest BCUT2D eigenvalue weighted by molar-refractivity contribution is 4.87. The minimum atomic E-state index is -4.22. The first-order valence-electron chi connectivity index (χ1n) is 6.29. The second-order valence-electron chi connectivity index (χ2n) is 5.84. The third-order valence-electron chi connectivity index (χ3n) is 3.12. The summed E-state index contributed by atoms with van der Waals surface area (Å²) in [7, 11) is 0. The second-order valence-corrected chi connectivity index (χ2v) is 5.84. The van der Waals surface area contributed by atoms with Gasteiger partial charge in [-0.2, -0.15) is 13.2 Å². The van der Waals surface area contributed by atoms with Crippen LogP contribution in [0.15, 0.2) is 0 Å². The van der Waals surface area contributed by atoms with Gasteiger partial charge in [0.2, 0.25) is 0 Å². The van der Waals surface area contributed by atoms with Crippen LogP contribution in [0.3, 0.4) is 0 Å². The molecule has 0 aromatic heterocycles. The molecule has 18 heavy (non-hydrogen) atoms. The van der Waals surface area contributed by atoms with Crippen LogP contribution in [0.25, 0.3) is 0 Å². The minimum Gasteiger partial charge on any atom is -0.371 e. The number of rotatable bonds is 4. The molecule has 1 atom stereocenters. The second kappa shape index (κ2) is 6.21. The van der Waals surface area contributed by atoms with Crippen molar-refractivity contribution in [2.24, 2.45) is 5.41 Å². The molecular formula is C12H23F3N2O. The summed E-state index contributed by atoms with van der Waals surface area (Å²) >= 11 is 0. The average Bonchev–Trinajstić information content (AvgIpc) is 2.22. The van der Waals surface area contributed by atoms with Gasteiger partial charge in [0, 0.05) is 32.2 Å². The summed E-state index contributed by atoms with van der Waals surface area (Å²) in [4.78, 5) is 2.16. The number of nitrogens with one attached hydrogen (secondary N) is 1. The van der Waals surface area contributed by atoms with Gasteiger partial charge in [-0.25, -0.2) is 0 Å². The Morgan fingerprint density at radius 3 is 2.50 bits per heavy atom. The molecule has 1 saturated heterocycles. The molecular weight excluding hydrogens is 245 g/mol. The van der Waals surface area contributed by atoms with Crippen molar-refractivity contribution in [1.29, 1.82) is 0 Å². The van der Waals surface area contributed by atoms with Crippen LogP contribution >= 0.6 is 0 Å². The van der Waals surface area contributed by atoms with Gasteiger partial charge < -0.3 is 10.1 Å². The van der Waals surface area contributed by atoms with Gasteiger partial charge in [-0.05, 0) is 5.41 Å². The largest absolute Gasteiger partial charge is 0.411 e. The predicted molar refractivity (Wildman–Crippen MR) is 64.6 cm³/mol. The van der Waals surface area contributed by atoms with E-state index in [1.807, 2.05) is 0 Å². The van der Waals surface area contributed by atoms with Crippen LogP contribution in [-0.4, -0.2) is 56.5 Å². The molecule has 0 aromatic rings. The molecule has 0 spiro atoms. The molecule has 0 bridgehead atoms. The van der Waals surface area contributed by atoms with Crippen LogP contribution in [0.4, 0.5) is 13.2 Å². The fourth-order valence-corrected chi connectivity index (χ4v) is 1.98. The van der Waals surface area contributed by atoms with E-state index in [-0.39, 0.29) is 12.0 Å². The molecule has 1 unspecified atom stereocenters. The van der Waals surface area contributed by atoms with Crippen molar-refractivity contribution >= 4 is 0 Å². The highest BCUT2D eigenvalue weighted by Gasteiger charge is 2.30. The fourth-order valence-electron chi connectivity index (χ4n) is 1.98. The lowest BCUT2D eigenvalue weighted by atomic mass is 9.85. The van der Waals surface area contributed by atoms with E-state index in [0.29, 0.717) is 12.6 Å². The molecule has 0 aromatic carbocycles. The molecule has 6 heteroatoms. The number of ether oxygens (including phenoxy) is 1. The molecule has 0 amide bonds. The van der Waals surface area contributed by atoms with E-state index < -0.39 is 12.8 Å². The summed E-state index contributed by atoms with van der Waals surface area (Å²) in [6.07, 6.45) is -4.22. The van der Waals surface area contributed by atoms with Crippen molar-refractivity contribution in [1.82, 2.24) is 10.2 Å². The first-order valence-corrected chi connectivity index (χ1v) is 6.29. The van der Waals surface area contributed by atoms with Gasteiger partial charge >= 0.3 is 6.18 Å². The van der Waals surface area contributed by atoms with Crippen molar-refractivity contribution in [3.8, 4) is 0 Å². The predicted octanol–water partition coefficient (Wildman–Crippen LogP) is 1.89. The van der Waals surface area contributed by atoms with E-state index in [4.69, 9.17) is 0 Å². The van der Waals surface area contributed by atoms with E-state index >= 15 is 0 Å². The van der Waals surface area contributed by atoms with Crippen LogP contribution in [0.5, 0.6) is 0 Å². The number of halogens is 3. The Morgan fingerprint density at radius 2 is 1.94 bits per heavy atom. The van der Waals surface area contributed by atoms with Crippen molar-refractivity contribution in [3.63, 3.8) is 0 Å². The number of hydrogen-bond acceptors (Lipinski definition) is 3. The number of hydrogen-bond donors (Lipinski definition) is 1. The maximum atomic E-state index is 11.9. The van der Waals surface area contributed by atoms with Gasteiger partial charge in [0.25, 0.3) is 0 Å². The lowest BCUT2D eigenvalue weighted by molar-refractivity contribution is -0.174. The van der Waals surface area contributed by atoms with E-state index in [1.54, 1.807) is 0 Å². The first kappa shape index (κ1) is 15.7. The molecule has 1 rings (SSSR count). The zero-order valence-electron chi connectivity index (χ0n) is 11.3. The van der Waals surface area contributed by atoms with Crippen LogP contribution in [0.2, 0.25) is 0 Å². The molecule has 1 aliphatic rings. The van der Waals surface area contributed by atoms with Crippen LogP contribution in [-0.2, 0) is 4.74 Å². The zero-order chi connectivity index (χ0) is 13.8. The van der Waals surface area contributed by atoms with Gasteiger partial charge in [0.15, 0.2) is 0 Å². The molecule has 1 aliphatic heterocycles. The van der Waals surface area contributed by atoms with Crippen molar-refractivity contribution in [3.05, 3.63) is 0 Å². The number of nitrogens with zero attached hydrogens (tertiary/aromatic N) is 1. The van der Waals surface area contributed by atoms with Crippen molar-refractivity contribution in [2.45, 2.75) is 33.0 Å². The summed E-state index contributed by atoms with van der Waals surface area (Å²) in [5.74, 6) is 0. The summed E-state index contributed by atoms with van der Waals surface area (Å²) < 4.78 is 40.3. The normalized spacial score (nSPS) is 23.3. The van der Waals surface area contributed by atoms with Crippen molar-refractivity contribution in [2.75, 3.05) is 39.4 Å². The van der Waals surface area contributed by atoms with Gasteiger partial charge in [-0.1, -0.05) is 20.8 Å². The summed E-state index contributed by atoms with van der Waals surface area (Å²) in [6, 6.07) is 0.369. The Hall–Kier alpha value is -0.330. The maximum Gasteiger partial charge on any atom is 0.411 e. The molecule has 0 radical (unpaired) electrons. The van der Waals surface area contributed by atoms with Crippen molar-refractivity contribution < 1.29 is 17.9 Å². The zero-order valence-corrected chi connectivity index (χ0v) is 11.3. The quantitative estimate of drug-likeness (QED) is 0.788. The van der Waals surface area contributed by atoms with Crippen LogP contribution in [0.1, 0.15) is 20.8 Å². The smallest absolute Gasteiger partial charge is 0.371 e. The van der Waals surface area contributed by atoms with E-state index in [1.165, 1.54) is 0 Å². The minimum absolute atomic E-state index is 0.135. The van der Waals surface area contributed by atoms with Crippen LogP contribution < -0.4 is 5.32 Å². The van der Waals surface area contributed by atoms with Gasteiger partial charge in [0.05, 0.1) is 6.61 Å². The molecule has 1 N–H and O–H groups in total. The Kier molecular flexibility index (Phi) is 5.43. The highest BCUT2D eigenvalue weighted by atomic mass is 19.4. The number of alkyl halides is 3. The fraction of sp³-hybridized carbons (Fsp3) is 1.00. The SMILES string of the molecule is CC(C)(C)C1CN(CCOCC(F)(F)F)CCN1. The summed E-state index contributed by atoms with van der Waals surface area (Å²) in [5.41, 5.74) is 0.158. The van der Waals surface area contributed by atoms with E-state index in [9.17, 15) is 13.2 Å². The summed E-state index contributed by atoms with van der Waals surface area (Å²) in [6.45, 7) is 8.63. The molecule has 3 nitrogen and oxygen atoms in total. The maximum absolute atomic E-state index is 11.9. The van der Waals surface area contributed by atoms with E-state index in [0.717, 1.165) is 19.6 Å². The molecule has 0 saturated carbocycles. The molecule has 0 aliphatic carbocycles. The van der Waals surface area contributed by atoms with Crippen LogP contribution in [0, 0.1) is 5.41 Å². The molecule has 1 fully saturated rings. The number of piperazine rings is 1. The first-order chi connectivity index (χ1) is 8.18. The Bertz CT molecular complexity index is 251. The molecule has 1 heterocycles. The Morgan fingerprint density at radius 1 is 1.28 bits per heavy atom. The lowest BCUT2D eigenvalue weighted by Gasteiger charge is -2.40. The monoisotopic (exact) mass is 268 g/mol. The lowest BCUT2D eigenvalue weighted by Crippen LogP contribution is -2.56. The van der Waals surface area contributed by atoms with Gasteiger partial charge in [-0.3, -0.25) is 4.90 Å². The third kappa shape index (κ3) is 6.02. The Balaban J connectivity index is 2.23. The third-order valence-corrected chi connectivity index (χ3v) is 3.12. The topological polar surface area (TPSA) is 24.5 Å². The van der Waals surface area contributed by atoms with Gasteiger partial charge in [0.1, 0.15) is 6.61 Å². The average molecular weight is 268 g/mol. The highest BCUT2D eigenvalue weighted by Crippen LogP contribution is 2.21. The summed E-state index contributed by atoms with van der Waals surface area (Å²) in [5, 5.41) is 3.44. The standard InChI is InChI=1S/C12H23F3N2O/c1-11(2,3)10-8-17(5-4-16-10)6-7-18-9-12(13,14)15/h10,16H,4-9H2,1-3H3.